The third-order valence-electron chi connectivity index (χ3n) is 3.22. The van der Waals surface area contributed by atoms with Crippen molar-refractivity contribution in [2.45, 2.75) is 12.3 Å². The highest BCUT2D eigenvalue weighted by Gasteiger charge is 2.25. The molecule has 1 atom stereocenters. The van der Waals surface area contributed by atoms with Gasteiger partial charge in [-0.15, -0.1) is 0 Å². The SMILES string of the molecule is Nc1cc(CC(=O)O)cc(C(C(=O)O)c2ccccc2O)c1. The van der Waals surface area contributed by atoms with E-state index in [-0.39, 0.29) is 23.4 Å². The number of aromatic hydroxyl groups is 1. The van der Waals surface area contributed by atoms with Crippen LogP contribution in [0.3, 0.4) is 0 Å². The maximum Gasteiger partial charge on any atom is 0.315 e. The summed E-state index contributed by atoms with van der Waals surface area (Å²) in [5, 5.41) is 28.2. The Balaban J connectivity index is 2.54. The lowest BCUT2D eigenvalue weighted by atomic mass is 9.89. The van der Waals surface area contributed by atoms with Crippen LogP contribution in [-0.2, 0) is 16.0 Å². The molecular formula is C16H15NO5. The second-order valence-electron chi connectivity index (χ2n) is 4.91. The molecule has 0 aromatic heterocycles. The molecule has 0 spiro atoms. The van der Waals surface area contributed by atoms with Crippen molar-refractivity contribution in [3.05, 3.63) is 59.2 Å². The zero-order valence-electron chi connectivity index (χ0n) is 11.6. The lowest BCUT2D eigenvalue weighted by Crippen LogP contribution is -2.14. The Morgan fingerprint density at radius 2 is 1.77 bits per heavy atom. The van der Waals surface area contributed by atoms with E-state index in [1.807, 2.05) is 0 Å². The molecule has 6 heteroatoms. The highest BCUT2D eigenvalue weighted by Crippen LogP contribution is 2.33. The summed E-state index contributed by atoms with van der Waals surface area (Å²) in [6, 6.07) is 10.6. The van der Waals surface area contributed by atoms with E-state index in [1.54, 1.807) is 12.1 Å². The first-order valence-corrected chi connectivity index (χ1v) is 6.50. The van der Waals surface area contributed by atoms with Gasteiger partial charge in [0.1, 0.15) is 11.7 Å². The summed E-state index contributed by atoms with van der Waals surface area (Å²) in [6.07, 6.45) is -0.259. The first kappa shape index (κ1) is 15.4. The molecule has 114 valence electrons. The van der Waals surface area contributed by atoms with E-state index in [2.05, 4.69) is 0 Å². The standard InChI is InChI=1S/C16H15NO5/c17-11-6-9(7-14(19)20)5-10(8-11)15(16(21)22)12-3-1-2-4-13(12)18/h1-6,8,15,18H,7,17H2,(H,19,20)(H,21,22). The Kier molecular flexibility index (Phi) is 4.31. The number of carbonyl (C=O) groups is 2. The van der Waals surface area contributed by atoms with E-state index in [1.165, 1.54) is 30.3 Å². The number of rotatable bonds is 5. The number of benzene rings is 2. The Hall–Kier alpha value is -3.02. The molecule has 0 amide bonds. The molecule has 5 N–H and O–H groups in total. The van der Waals surface area contributed by atoms with E-state index in [0.717, 1.165) is 0 Å². The zero-order valence-corrected chi connectivity index (χ0v) is 11.6. The number of para-hydroxylation sites is 1. The minimum atomic E-state index is -1.16. The molecule has 1 unspecified atom stereocenters. The van der Waals surface area contributed by atoms with E-state index in [0.29, 0.717) is 11.1 Å². The molecule has 0 aliphatic carbocycles. The van der Waals surface area contributed by atoms with Crippen LogP contribution < -0.4 is 5.73 Å². The fourth-order valence-corrected chi connectivity index (χ4v) is 2.38. The smallest absolute Gasteiger partial charge is 0.315 e. The van der Waals surface area contributed by atoms with Gasteiger partial charge in [0.2, 0.25) is 0 Å². The number of hydrogen-bond acceptors (Lipinski definition) is 4. The van der Waals surface area contributed by atoms with Gasteiger partial charge in [-0.2, -0.15) is 0 Å². The number of phenols is 1. The van der Waals surface area contributed by atoms with Crippen LogP contribution in [0.1, 0.15) is 22.6 Å². The summed E-state index contributed by atoms with van der Waals surface area (Å²) < 4.78 is 0. The van der Waals surface area contributed by atoms with Crippen molar-refractivity contribution in [3.8, 4) is 5.75 Å². The molecule has 0 bridgehead atoms. The molecule has 0 fully saturated rings. The lowest BCUT2D eigenvalue weighted by Gasteiger charge is -2.16. The van der Waals surface area contributed by atoms with E-state index < -0.39 is 17.9 Å². The van der Waals surface area contributed by atoms with Crippen LogP contribution in [0.25, 0.3) is 0 Å². The summed E-state index contributed by atoms with van der Waals surface area (Å²) in [7, 11) is 0. The topological polar surface area (TPSA) is 121 Å². The first-order chi connectivity index (χ1) is 10.4. The number of anilines is 1. The molecule has 22 heavy (non-hydrogen) atoms. The second kappa shape index (κ2) is 6.17. The monoisotopic (exact) mass is 301 g/mol. The lowest BCUT2D eigenvalue weighted by molar-refractivity contribution is -0.138. The molecule has 2 aromatic rings. The summed E-state index contributed by atoms with van der Waals surface area (Å²) in [5.41, 5.74) is 6.97. The van der Waals surface area contributed by atoms with E-state index >= 15 is 0 Å². The van der Waals surface area contributed by atoms with Gasteiger partial charge in [-0.1, -0.05) is 24.3 Å². The largest absolute Gasteiger partial charge is 0.508 e. The highest BCUT2D eigenvalue weighted by atomic mass is 16.4. The number of carboxylic acid groups (broad SMARTS) is 2. The Morgan fingerprint density at radius 3 is 2.36 bits per heavy atom. The van der Waals surface area contributed by atoms with Gasteiger partial charge in [-0.25, -0.2) is 0 Å². The predicted octanol–water partition coefficient (Wildman–Crippen LogP) is 1.82. The fraction of sp³-hybridized carbons (Fsp3) is 0.125. The van der Waals surface area contributed by atoms with Gasteiger partial charge < -0.3 is 21.1 Å². The van der Waals surface area contributed by atoms with Crippen LogP contribution in [-0.4, -0.2) is 27.3 Å². The van der Waals surface area contributed by atoms with Crippen molar-refractivity contribution >= 4 is 17.6 Å². The van der Waals surface area contributed by atoms with Gasteiger partial charge in [0.05, 0.1) is 6.42 Å². The third kappa shape index (κ3) is 3.35. The predicted molar refractivity (Wildman–Crippen MR) is 79.8 cm³/mol. The van der Waals surface area contributed by atoms with Crippen molar-refractivity contribution in [1.82, 2.24) is 0 Å². The first-order valence-electron chi connectivity index (χ1n) is 6.50. The average Bonchev–Trinajstić information content (AvgIpc) is 2.39. The number of carboxylic acids is 2. The normalized spacial score (nSPS) is 11.8. The van der Waals surface area contributed by atoms with Crippen LogP contribution in [0, 0.1) is 0 Å². The molecule has 0 aliphatic rings. The molecule has 2 rings (SSSR count). The number of aliphatic carboxylic acids is 2. The maximum absolute atomic E-state index is 11.6. The summed E-state index contributed by atoms with van der Waals surface area (Å²) in [6.45, 7) is 0. The number of nitrogens with two attached hydrogens (primary N) is 1. The van der Waals surface area contributed by atoms with Gasteiger partial charge in [-0.3, -0.25) is 9.59 Å². The van der Waals surface area contributed by atoms with Crippen LogP contribution >= 0.6 is 0 Å². The molecular weight excluding hydrogens is 286 g/mol. The summed E-state index contributed by atoms with van der Waals surface area (Å²) in [4.78, 5) is 22.5. The van der Waals surface area contributed by atoms with Crippen molar-refractivity contribution in [2.24, 2.45) is 0 Å². The van der Waals surface area contributed by atoms with E-state index in [9.17, 15) is 19.8 Å². The molecule has 6 nitrogen and oxygen atoms in total. The summed E-state index contributed by atoms with van der Waals surface area (Å²) in [5.74, 6) is -3.46. The number of hydrogen-bond donors (Lipinski definition) is 4. The molecule has 0 saturated heterocycles. The minimum Gasteiger partial charge on any atom is -0.508 e. The maximum atomic E-state index is 11.6. The molecule has 0 saturated carbocycles. The molecule has 0 radical (unpaired) electrons. The quantitative estimate of drug-likeness (QED) is 0.625. The van der Waals surface area contributed by atoms with Crippen molar-refractivity contribution in [3.63, 3.8) is 0 Å². The van der Waals surface area contributed by atoms with E-state index in [4.69, 9.17) is 10.8 Å². The van der Waals surface area contributed by atoms with Crippen molar-refractivity contribution < 1.29 is 24.9 Å². The third-order valence-corrected chi connectivity index (χ3v) is 3.22. The zero-order chi connectivity index (χ0) is 16.3. The minimum absolute atomic E-state index is 0.142. The van der Waals surface area contributed by atoms with Gasteiger partial charge in [-0.05, 0) is 29.3 Å². The number of phenolic OH excluding ortho intramolecular Hbond substituents is 1. The summed E-state index contributed by atoms with van der Waals surface area (Å²) >= 11 is 0. The van der Waals surface area contributed by atoms with Gasteiger partial charge in [0, 0.05) is 11.3 Å². The van der Waals surface area contributed by atoms with Crippen LogP contribution in [0.2, 0.25) is 0 Å². The van der Waals surface area contributed by atoms with Crippen molar-refractivity contribution in [1.29, 1.82) is 0 Å². The Labute approximate surface area is 126 Å². The molecule has 0 aliphatic heterocycles. The average molecular weight is 301 g/mol. The highest BCUT2D eigenvalue weighted by molar-refractivity contribution is 5.82. The molecule has 0 heterocycles. The molecule has 2 aromatic carbocycles. The van der Waals surface area contributed by atoms with Gasteiger partial charge >= 0.3 is 11.9 Å². The number of nitrogen functional groups attached to an aromatic ring is 1. The second-order valence-corrected chi connectivity index (χ2v) is 4.91. The van der Waals surface area contributed by atoms with Gasteiger partial charge in [0.15, 0.2) is 0 Å². The van der Waals surface area contributed by atoms with Crippen LogP contribution in [0.15, 0.2) is 42.5 Å². The van der Waals surface area contributed by atoms with Crippen LogP contribution in [0.5, 0.6) is 5.75 Å². The Bertz CT molecular complexity index is 726. The van der Waals surface area contributed by atoms with Gasteiger partial charge in [0.25, 0.3) is 0 Å². The fourth-order valence-electron chi connectivity index (χ4n) is 2.38. The van der Waals surface area contributed by atoms with Crippen molar-refractivity contribution in [2.75, 3.05) is 5.73 Å². The Morgan fingerprint density at radius 1 is 1.09 bits per heavy atom. The van der Waals surface area contributed by atoms with Crippen LogP contribution in [0.4, 0.5) is 5.69 Å².